The van der Waals surface area contributed by atoms with Crippen molar-refractivity contribution < 1.29 is 22.8 Å². The summed E-state index contributed by atoms with van der Waals surface area (Å²) in [6.07, 6.45) is -4.31. The molecule has 24 heavy (non-hydrogen) atoms. The first-order valence-electron chi connectivity index (χ1n) is 7.46. The summed E-state index contributed by atoms with van der Waals surface area (Å²) >= 11 is 0. The molecule has 0 bridgehead atoms. The zero-order valence-corrected chi connectivity index (χ0v) is 12.6. The molecular weight excluding hydrogens is 325 g/mol. The second-order valence-electron chi connectivity index (χ2n) is 5.66. The zero-order valence-electron chi connectivity index (χ0n) is 12.6. The molecular formula is C15H15F3N4O2. The number of para-hydroxylation sites is 1. The van der Waals surface area contributed by atoms with Gasteiger partial charge >= 0.3 is 12.1 Å². The molecule has 9 heteroatoms. The van der Waals surface area contributed by atoms with Crippen LogP contribution in [-0.4, -0.2) is 52.2 Å². The summed E-state index contributed by atoms with van der Waals surface area (Å²) < 4.78 is 37.2. The Balaban J connectivity index is 1.60. The van der Waals surface area contributed by atoms with Gasteiger partial charge in [0.25, 0.3) is 5.91 Å². The van der Waals surface area contributed by atoms with Crippen LogP contribution in [0.4, 0.5) is 13.2 Å². The van der Waals surface area contributed by atoms with Gasteiger partial charge in [0.1, 0.15) is 0 Å². The molecule has 2 amide bonds. The van der Waals surface area contributed by atoms with Gasteiger partial charge in [0.15, 0.2) is 5.69 Å². The Bertz CT molecular complexity index is 763. The molecule has 0 saturated carbocycles. The number of carbonyl (C=O) groups is 2. The van der Waals surface area contributed by atoms with Crippen LogP contribution in [0, 0.1) is 0 Å². The van der Waals surface area contributed by atoms with Crippen LogP contribution in [0.5, 0.6) is 0 Å². The molecule has 3 rings (SSSR count). The molecule has 1 aromatic heterocycles. The Morgan fingerprint density at radius 1 is 1.21 bits per heavy atom. The number of rotatable bonds is 2. The predicted octanol–water partition coefficient (Wildman–Crippen LogP) is 1.85. The van der Waals surface area contributed by atoms with Gasteiger partial charge in [-0.1, -0.05) is 18.2 Å². The Kier molecular flexibility index (Phi) is 4.16. The van der Waals surface area contributed by atoms with E-state index in [9.17, 15) is 22.8 Å². The average molecular weight is 340 g/mol. The number of fused-ring (bicyclic) bond motifs is 1. The molecule has 6 nitrogen and oxygen atoms in total. The third-order valence-corrected chi connectivity index (χ3v) is 4.05. The van der Waals surface area contributed by atoms with Crippen molar-refractivity contribution in [3.8, 4) is 0 Å². The number of likely N-dealkylation sites (tertiary alicyclic amines) is 1. The zero-order chi connectivity index (χ0) is 17.3. The molecule has 1 aliphatic heterocycles. The summed E-state index contributed by atoms with van der Waals surface area (Å²) in [5, 5.41) is 10.2. The molecule has 0 radical (unpaired) electrons. The number of halogens is 3. The van der Waals surface area contributed by atoms with Crippen LogP contribution in [-0.2, 0) is 4.79 Å². The van der Waals surface area contributed by atoms with Crippen LogP contribution in [0.25, 0.3) is 10.9 Å². The van der Waals surface area contributed by atoms with Crippen LogP contribution in [0.15, 0.2) is 24.3 Å². The quantitative estimate of drug-likeness (QED) is 0.876. The van der Waals surface area contributed by atoms with Crippen molar-refractivity contribution >= 4 is 22.7 Å². The van der Waals surface area contributed by atoms with E-state index < -0.39 is 12.1 Å². The summed E-state index contributed by atoms with van der Waals surface area (Å²) in [6.45, 7) is -0.0742. The van der Waals surface area contributed by atoms with Crippen LogP contribution < -0.4 is 5.32 Å². The van der Waals surface area contributed by atoms with E-state index in [1.807, 2.05) is 6.07 Å². The lowest BCUT2D eigenvalue weighted by molar-refractivity contribution is -0.186. The standard InChI is InChI=1S/C15H15F3N4O2/c16-15(17,18)14(24)22-7-5-9(6-8-22)19-13(23)12-10-3-1-2-4-11(10)20-21-12/h1-4,9H,5-8H2,(H,19,23)(H,20,21). The van der Waals surface area contributed by atoms with Crippen LogP contribution in [0.3, 0.4) is 0 Å². The number of amides is 2. The average Bonchev–Trinajstić information content (AvgIpc) is 2.98. The molecule has 1 fully saturated rings. The fraction of sp³-hybridized carbons (Fsp3) is 0.400. The molecule has 1 saturated heterocycles. The van der Waals surface area contributed by atoms with Gasteiger partial charge in [-0.05, 0) is 18.9 Å². The highest BCUT2D eigenvalue weighted by Gasteiger charge is 2.43. The van der Waals surface area contributed by atoms with Crippen LogP contribution >= 0.6 is 0 Å². The maximum Gasteiger partial charge on any atom is 0.471 e. The normalized spacial score (nSPS) is 16.4. The Morgan fingerprint density at radius 3 is 2.54 bits per heavy atom. The number of nitrogens with one attached hydrogen (secondary N) is 2. The monoisotopic (exact) mass is 340 g/mol. The van der Waals surface area contributed by atoms with Crippen LogP contribution in [0.2, 0.25) is 0 Å². The SMILES string of the molecule is O=C(NC1CCN(C(=O)C(F)(F)F)CC1)c1n[nH]c2ccccc12. The molecule has 128 valence electrons. The number of alkyl halides is 3. The summed E-state index contributed by atoms with van der Waals surface area (Å²) in [6, 6.07) is 6.87. The fourth-order valence-corrected chi connectivity index (χ4v) is 2.80. The number of aromatic amines is 1. The molecule has 2 N–H and O–H groups in total. The summed E-state index contributed by atoms with van der Waals surface area (Å²) in [5.41, 5.74) is 0.979. The number of carbonyl (C=O) groups excluding carboxylic acids is 2. The Hall–Kier alpha value is -2.58. The lowest BCUT2D eigenvalue weighted by Gasteiger charge is -2.32. The molecule has 1 aliphatic rings. The minimum atomic E-state index is -4.86. The van der Waals surface area contributed by atoms with Crippen molar-refractivity contribution in [1.82, 2.24) is 20.4 Å². The highest BCUT2D eigenvalue weighted by Crippen LogP contribution is 2.22. The minimum Gasteiger partial charge on any atom is -0.348 e. The molecule has 2 heterocycles. The number of hydrogen-bond acceptors (Lipinski definition) is 3. The van der Waals surface area contributed by atoms with Crippen molar-refractivity contribution in [1.29, 1.82) is 0 Å². The fourth-order valence-electron chi connectivity index (χ4n) is 2.80. The highest BCUT2D eigenvalue weighted by molar-refractivity contribution is 6.04. The summed E-state index contributed by atoms with van der Waals surface area (Å²) in [5.74, 6) is -2.21. The topological polar surface area (TPSA) is 78.1 Å². The summed E-state index contributed by atoms with van der Waals surface area (Å²) in [4.78, 5) is 24.3. The smallest absolute Gasteiger partial charge is 0.348 e. The maximum absolute atomic E-state index is 12.4. The number of benzene rings is 1. The minimum absolute atomic E-state index is 0.0371. The van der Waals surface area contributed by atoms with Crippen molar-refractivity contribution in [2.45, 2.75) is 25.1 Å². The maximum atomic E-state index is 12.4. The molecule has 1 aromatic carbocycles. The van der Waals surface area contributed by atoms with Gasteiger partial charge in [0.2, 0.25) is 0 Å². The number of H-pyrrole nitrogens is 1. The van der Waals surface area contributed by atoms with Gasteiger partial charge in [-0.25, -0.2) is 0 Å². The van der Waals surface area contributed by atoms with Gasteiger partial charge in [0, 0.05) is 24.5 Å². The van der Waals surface area contributed by atoms with Gasteiger partial charge in [-0.2, -0.15) is 18.3 Å². The van der Waals surface area contributed by atoms with Gasteiger partial charge in [-0.15, -0.1) is 0 Å². The number of aromatic nitrogens is 2. The second-order valence-corrected chi connectivity index (χ2v) is 5.66. The lowest BCUT2D eigenvalue weighted by atomic mass is 10.0. The molecule has 0 unspecified atom stereocenters. The third kappa shape index (κ3) is 3.19. The van der Waals surface area contributed by atoms with E-state index in [0.717, 1.165) is 10.4 Å². The molecule has 0 aliphatic carbocycles. The van der Waals surface area contributed by atoms with Gasteiger partial charge < -0.3 is 10.2 Å². The largest absolute Gasteiger partial charge is 0.471 e. The lowest BCUT2D eigenvalue weighted by Crippen LogP contribution is -2.50. The van der Waals surface area contributed by atoms with Gasteiger partial charge in [0.05, 0.1) is 5.52 Å². The molecule has 0 spiro atoms. The Labute approximate surface area is 135 Å². The first-order valence-corrected chi connectivity index (χ1v) is 7.46. The van der Waals surface area contributed by atoms with Crippen LogP contribution in [0.1, 0.15) is 23.3 Å². The predicted molar refractivity (Wildman–Crippen MR) is 79.2 cm³/mol. The molecule has 0 atom stereocenters. The van der Waals surface area contributed by atoms with E-state index in [4.69, 9.17) is 0 Å². The highest BCUT2D eigenvalue weighted by atomic mass is 19.4. The third-order valence-electron chi connectivity index (χ3n) is 4.05. The van der Waals surface area contributed by atoms with E-state index in [2.05, 4.69) is 15.5 Å². The van der Waals surface area contributed by atoms with Crippen molar-refractivity contribution in [3.05, 3.63) is 30.0 Å². The van der Waals surface area contributed by atoms with E-state index in [1.165, 1.54) is 0 Å². The molecule has 2 aromatic rings. The number of hydrogen-bond donors (Lipinski definition) is 2. The first kappa shape index (κ1) is 16.3. The van der Waals surface area contributed by atoms with E-state index in [-0.39, 0.29) is 43.6 Å². The summed E-state index contributed by atoms with van der Waals surface area (Å²) in [7, 11) is 0. The second kappa shape index (κ2) is 6.14. The van der Waals surface area contributed by atoms with Crippen molar-refractivity contribution in [3.63, 3.8) is 0 Å². The first-order chi connectivity index (χ1) is 11.4. The Morgan fingerprint density at radius 2 is 1.88 bits per heavy atom. The van der Waals surface area contributed by atoms with Crippen molar-refractivity contribution in [2.24, 2.45) is 0 Å². The number of nitrogens with zero attached hydrogens (tertiary/aromatic N) is 2. The van der Waals surface area contributed by atoms with Crippen molar-refractivity contribution in [2.75, 3.05) is 13.1 Å². The van der Waals surface area contributed by atoms with Gasteiger partial charge in [-0.3, -0.25) is 14.7 Å². The van der Waals surface area contributed by atoms with E-state index in [1.54, 1.807) is 18.2 Å². The van der Waals surface area contributed by atoms with E-state index >= 15 is 0 Å². The number of piperidine rings is 1. The van der Waals surface area contributed by atoms with E-state index in [0.29, 0.717) is 5.39 Å².